The summed E-state index contributed by atoms with van der Waals surface area (Å²) in [6.07, 6.45) is 2.23. The van der Waals surface area contributed by atoms with Gasteiger partial charge in [0.1, 0.15) is 0 Å². The molecule has 1 aliphatic heterocycles. The van der Waals surface area contributed by atoms with E-state index < -0.39 is 9.84 Å². The molecule has 112 valence electrons. The van der Waals surface area contributed by atoms with Gasteiger partial charge in [0, 0.05) is 19.4 Å². The number of rotatable bonds is 6. The Kier molecular flexibility index (Phi) is 4.74. The van der Waals surface area contributed by atoms with Gasteiger partial charge in [-0.25, -0.2) is 8.42 Å². The first kappa shape index (κ1) is 15.0. The second-order valence-corrected chi connectivity index (χ2v) is 7.39. The molecule has 1 fully saturated rings. The number of aryl methyl sites for hydroxylation is 2. The Bertz CT molecular complexity index is 567. The number of nitrogens with one attached hydrogen (secondary N) is 1. The van der Waals surface area contributed by atoms with Crippen LogP contribution in [-0.2, 0) is 21.1 Å². The minimum absolute atomic E-state index is 0.0579. The average molecular weight is 301 g/mol. The third-order valence-electron chi connectivity index (χ3n) is 3.28. The molecule has 0 spiro atoms. The molecule has 0 bridgehead atoms. The number of carbonyl (C=O) groups is 1. The summed E-state index contributed by atoms with van der Waals surface area (Å²) < 4.78 is 27.5. The smallest absolute Gasteiger partial charge is 0.226 e. The van der Waals surface area contributed by atoms with Crippen molar-refractivity contribution < 1.29 is 17.7 Å². The van der Waals surface area contributed by atoms with Crippen LogP contribution in [0.3, 0.4) is 0 Å². The zero-order valence-electron chi connectivity index (χ0n) is 11.5. The molecule has 0 aromatic carbocycles. The third-order valence-corrected chi connectivity index (χ3v) is 5.12. The van der Waals surface area contributed by atoms with Crippen LogP contribution in [0.2, 0.25) is 0 Å². The average Bonchev–Trinajstić information content (AvgIpc) is 2.93. The molecular weight excluding hydrogens is 282 g/mol. The van der Waals surface area contributed by atoms with Crippen molar-refractivity contribution in [3.63, 3.8) is 0 Å². The van der Waals surface area contributed by atoms with Gasteiger partial charge < -0.3 is 9.84 Å². The zero-order valence-corrected chi connectivity index (χ0v) is 12.3. The van der Waals surface area contributed by atoms with Gasteiger partial charge in [-0.3, -0.25) is 4.79 Å². The summed E-state index contributed by atoms with van der Waals surface area (Å²) >= 11 is 0. The Balaban J connectivity index is 1.61. The van der Waals surface area contributed by atoms with Gasteiger partial charge in [0.05, 0.1) is 11.5 Å². The van der Waals surface area contributed by atoms with Crippen LogP contribution >= 0.6 is 0 Å². The molecule has 2 heterocycles. The monoisotopic (exact) mass is 301 g/mol. The lowest BCUT2D eigenvalue weighted by Gasteiger charge is -2.09. The molecule has 0 aliphatic carbocycles. The van der Waals surface area contributed by atoms with Crippen LogP contribution in [0, 0.1) is 12.8 Å². The first-order chi connectivity index (χ1) is 9.44. The minimum atomic E-state index is -2.87. The topological polar surface area (TPSA) is 102 Å². The summed E-state index contributed by atoms with van der Waals surface area (Å²) in [5.41, 5.74) is 0. The van der Waals surface area contributed by atoms with Crippen molar-refractivity contribution in [1.82, 2.24) is 15.5 Å². The fourth-order valence-electron chi connectivity index (χ4n) is 2.22. The van der Waals surface area contributed by atoms with Crippen LogP contribution in [0.15, 0.2) is 4.52 Å². The number of nitrogens with zero attached hydrogens (tertiary/aromatic N) is 2. The highest BCUT2D eigenvalue weighted by molar-refractivity contribution is 7.91. The number of aromatic nitrogens is 2. The summed E-state index contributed by atoms with van der Waals surface area (Å²) in [5, 5.41) is 6.46. The largest absolute Gasteiger partial charge is 0.356 e. The van der Waals surface area contributed by atoms with E-state index in [9.17, 15) is 13.2 Å². The molecule has 7 nitrogen and oxygen atoms in total. The van der Waals surface area contributed by atoms with Crippen LogP contribution < -0.4 is 5.32 Å². The fourth-order valence-corrected chi connectivity index (χ4v) is 4.08. The maximum absolute atomic E-state index is 11.6. The molecule has 1 amide bonds. The highest BCUT2D eigenvalue weighted by atomic mass is 32.2. The van der Waals surface area contributed by atoms with E-state index in [1.807, 2.05) is 0 Å². The Morgan fingerprint density at radius 3 is 2.90 bits per heavy atom. The van der Waals surface area contributed by atoms with Crippen molar-refractivity contribution in [2.24, 2.45) is 5.92 Å². The summed E-state index contributed by atoms with van der Waals surface area (Å²) in [7, 11) is -2.87. The van der Waals surface area contributed by atoms with E-state index in [0.29, 0.717) is 43.9 Å². The maximum Gasteiger partial charge on any atom is 0.226 e. The van der Waals surface area contributed by atoms with Crippen LogP contribution in [-0.4, -0.2) is 42.5 Å². The summed E-state index contributed by atoms with van der Waals surface area (Å²) in [6.45, 7) is 2.19. The first-order valence-electron chi connectivity index (χ1n) is 6.71. The summed E-state index contributed by atoms with van der Waals surface area (Å²) in [6, 6.07) is 0. The molecule has 1 N–H and O–H groups in total. The molecule has 1 saturated heterocycles. The highest BCUT2D eigenvalue weighted by Gasteiger charge is 2.27. The molecule has 1 aromatic rings. The lowest BCUT2D eigenvalue weighted by atomic mass is 10.1. The van der Waals surface area contributed by atoms with Crippen LogP contribution in [0.1, 0.15) is 31.0 Å². The zero-order chi connectivity index (χ0) is 14.6. The molecule has 0 saturated carbocycles. The predicted molar refractivity (Wildman–Crippen MR) is 71.7 cm³/mol. The third kappa shape index (κ3) is 4.59. The number of carbonyl (C=O) groups excluding carboxylic acids is 1. The molecular formula is C12H19N3O4S. The van der Waals surface area contributed by atoms with Crippen LogP contribution in [0.5, 0.6) is 0 Å². The van der Waals surface area contributed by atoms with Gasteiger partial charge in [0.25, 0.3) is 0 Å². The van der Waals surface area contributed by atoms with Gasteiger partial charge >= 0.3 is 0 Å². The second-order valence-electron chi connectivity index (χ2n) is 5.16. The first-order valence-corrected chi connectivity index (χ1v) is 8.53. The molecule has 0 radical (unpaired) electrons. The van der Waals surface area contributed by atoms with Crippen LogP contribution in [0.4, 0.5) is 0 Å². The van der Waals surface area contributed by atoms with E-state index in [-0.39, 0.29) is 23.3 Å². The Labute approximate surface area is 118 Å². The van der Waals surface area contributed by atoms with E-state index in [4.69, 9.17) is 4.52 Å². The Morgan fingerprint density at radius 1 is 1.50 bits per heavy atom. The van der Waals surface area contributed by atoms with Gasteiger partial charge in [-0.2, -0.15) is 4.98 Å². The second kappa shape index (κ2) is 6.34. The molecule has 1 aromatic heterocycles. The lowest BCUT2D eigenvalue weighted by Crippen LogP contribution is -2.29. The van der Waals surface area contributed by atoms with Gasteiger partial charge in [-0.15, -0.1) is 0 Å². The van der Waals surface area contributed by atoms with E-state index in [1.54, 1.807) is 6.92 Å². The number of hydrogen-bond acceptors (Lipinski definition) is 6. The van der Waals surface area contributed by atoms with Crippen molar-refractivity contribution in [3.8, 4) is 0 Å². The molecule has 8 heteroatoms. The standard InChI is InChI=1S/C12H19N3O4S/c1-9-14-12(19-15-9)4-2-3-11(16)13-7-10-5-6-20(17,18)8-10/h10H,2-8H2,1H3,(H,13,16)/t10-/m0/s1. The molecule has 0 unspecified atom stereocenters. The van der Waals surface area contributed by atoms with Gasteiger partial charge in [-0.05, 0) is 25.7 Å². The van der Waals surface area contributed by atoms with Crippen LogP contribution in [0.25, 0.3) is 0 Å². The van der Waals surface area contributed by atoms with Gasteiger partial charge in [-0.1, -0.05) is 5.16 Å². The fraction of sp³-hybridized carbons (Fsp3) is 0.750. The van der Waals surface area contributed by atoms with E-state index in [1.165, 1.54) is 0 Å². The molecule has 2 rings (SSSR count). The minimum Gasteiger partial charge on any atom is -0.356 e. The number of hydrogen-bond donors (Lipinski definition) is 1. The van der Waals surface area contributed by atoms with Gasteiger partial charge in [0.2, 0.25) is 11.8 Å². The highest BCUT2D eigenvalue weighted by Crippen LogP contribution is 2.17. The maximum atomic E-state index is 11.6. The SMILES string of the molecule is Cc1noc(CCCC(=O)NC[C@@H]2CCS(=O)(=O)C2)n1. The normalized spacial score (nSPS) is 20.9. The Hall–Kier alpha value is -1.44. The van der Waals surface area contributed by atoms with Crippen molar-refractivity contribution >= 4 is 15.7 Å². The van der Waals surface area contributed by atoms with Crippen molar-refractivity contribution in [3.05, 3.63) is 11.7 Å². The molecule has 20 heavy (non-hydrogen) atoms. The van der Waals surface area contributed by atoms with Crippen molar-refractivity contribution in [2.75, 3.05) is 18.1 Å². The quantitative estimate of drug-likeness (QED) is 0.808. The lowest BCUT2D eigenvalue weighted by molar-refractivity contribution is -0.121. The Morgan fingerprint density at radius 2 is 2.30 bits per heavy atom. The molecule has 1 aliphatic rings. The number of sulfone groups is 1. The van der Waals surface area contributed by atoms with Gasteiger partial charge in [0.15, 0.2) is 15.7 Å². The predicted octanol–water partition coefficient (Wildman–Crippen LogP) is 0.252. The van der Waals surface area contributed by atoms with Crippen molar-refractivity contribution in [2.45, 2.75) is 32.6 Å². The summed E-state index contributed by atoms with van der Waals surface area (Å²) in [5.74, 6) is 1.55. The van der Waals surface area contributed by atoms with E-state index >= 15 is 0 Å². The summed E-state index contributed by atoms with van der Waals surface area (Å²) in [4.78, 5) is 15.7. The van der Waals surface area contributed by atoms with Crippen molar-refractivity contribution in [1.29, 1.82) is 0 Å². The number of amides is 1. The van der Waals surface area contributed by atoms with E-state index in [2.05, 4.69) is 15.5 Å². The van der Waals surface area contributed by atoms with E-state index in [0.717, 1.165) is 0 Å². The molecule has 1 atom stereocenters.